The predicted molar refractivity (Wildman–Crippen MR) is 250 cm³/mol. The Kier molecular flexibility index (Phi) is 9.10. The van der Waals surface area contributed by atoms with Crippen LogP contribution in [0.15, 0.2) is 224 Å². The molecular weight excluding hydrogens is 743 g/mol. The second-order valence-corrected chi connectivity index (χ2v) is 15.0. The number of aromatic nitrogens is 5. The first-order valence-corrected chi connectivity index (χ1v) is 20.5. The second-order valence-electron chi connectivity index (χ2n) is 15.0. The minimum Gasteiger partial charge on any atom is -0.278 e. The van der Waals surface area contributed by atoms with Gasteiger partial charge in [0, 0.05) is 49.7 Å². The molecule has 0 aliphatic rings. The van der Waals surface area contributed by atoms with E-state index in [1.807, 2.05) is 18.2 Å². The number of benzene rings is 8. The van der Waals surface area contributed by atoms with Gasteiger partial charge in [-0.15, -0.1) is 0 Å². The van der Waals surface area contributed by atoms with Gasteiger partial charge in [0.15, 0.2) is 11.6 Å². The summed E-state index contributed by atoms with van der Waals surface area (Å²) in [4.78, 5) is 21.4. The maximum atomic E-state index is 5.63. The van der Waals surface area contributed by atoms with E-state index >= 15 is 0 Å². The van der Waals surface area contributed by atoms with Crippen LogP contribution in [-0.2, 0) is 0 Å². The summed E-state index contributed by atoms with van der Waals surface area (Å²) in [6.45, 7) is 0. The molecule has 11 rings (SSSR count). The molecule has 0 aliphatic carbocycles. The van der Waals surface area contributed by atoms with Gasteiger partial charge in [-0.1, -0.05) is 206 Å². The summed E-state index contributed by atoms with van der Waals surface area (Å²) in [6.07, 6.45) is 0. The first-order chi connectivity index (χ1) is 30.3. The molecule has 11 aromatic rings. The number of hydrogen-bond donors (Lipinski definition) is 0. The van der Waals surface area contributed by atoms with E-state index in [1.54, 1.807) is 0 Å². The van der Waals surface area contributed by atoms with E-state index in [0.717, 1.165) is 88.8 Å². The lowest BCUT2D eigenvalue weighted by Gasteiger charge is -2.23. The van der Waals surface area contributed by atoms with Crippen LogP contribution in [0.2, 0.25) is 0 Å². The summed E-state index contributed by atoms with van der Waals surface area (Å²) in [5.74, 6) is 1.74. The van der Waals surface area contributed by atoms with Crippen LogP contribution >= 0.6 is 0 Å². The fourth-order valence-corrected chi connectivity index (χ4v) is 8.52. The molecule has 0 spiro atoms. The molecule has 3 heterocycles. The third kappa shape index (κ3) is 6.55. The molecule has 5 nitrogen and oxygen atoms in total. The quantitative estimate of drug-likeness (QED) is 0.154. The lowest BCUT2D eigenvalue weighted by Crippen LogP contribution is -2.06. The number of rotatable bonds is 8. The van der Waals surface area contributed by atoms with Gasteiger partial charge in [0.25, 0.3) is 0 Å². The summed E-state index contributed by atoms with van der Waals surface area (Å²) in [7, 11) is 0. The van der Waals surface area contributed by atoms with Crippen LogP contribution in [0.3, 0.4) is 0 Å². The molecule has 0 unspecified atom stereocenters. The molecule has 0 aliphatic heterocycles. The maximum absolute atomic E-state index is 5.63. The van der Waals surface area contributed by atoms with Crippen molar-refractivity contribution in [2.45, 2.75) is 0 Å². The molecule has 5 heteroatoms. The standard InChI is InChI=1S/C56H37N5/c1-6-21-38(22-7-1)50-49(51(39-23-8-2-9-24-39)53(41-27-12-4-13-28-41)57-52(50)40-25-10-3-11-26-40)43-31-20-32-44(37-43)55-58-54(42-29-14-5-15-30-42)59-56(60-55)61-47-35-18-16-33-45(47)46-34-17-19-36-48(46)61/h1-37H. The molecule has 0 N–H and O–H groups in total. The van der Waals surface area contributed by atoms with Crippen molar-refractivity contribution >= 4 is 21.8 Å². The van der Waals surface area contributed by atoms with Crippen LogP contribution in [-0.4, -0.2) is 24.5 Å². The normalized spacial score (nSPS) is 11.3. The second kappa shape index (κ2) is 15.5. The smallest absolute Gasteiger partial charge is 0.238 e. The van der Waals surface area contributed by atoms with Crippen LogP contribution in [0.5, 0.6) is 0 Å². The van der Waals surface area contributed by atoms with Gasteiger partial charge in [0.1, 0.15) is 0 Å². The number of nitrogens with zero attached hydrogens (tertiary/aromatic N) is 5. The number of hydrogen-bond acceptors (Lipinski definition) is 4. The third-order valence-corrected chi connectivity index (χ3v) is 11.3. The molecule has 0 fully saturated rings. The highest BCUT2D eigenvalue weighted by Gasteiger charge is 2.26. The van der Waals surface area contributed by atoms with Gasteiger partial charge < -0.3 is 0 Å². The molecule has 0 saturated heterocycles. The van der Waals surface area contributed by atoms with E-state index < -0.39 is 0 Å². The molecule has 0 bridgehead atoms. The fourth-order valence-electron chi connectivity index (χ4n) is 8.52. The van der Waals surface area contributed by atoms with E-state index in [9.17, 15) is 0 Å². The van der Waals surface area contributed by atoms with E-state index in [2.05, 4.69) is 211 Å². The van der Waals surface area contributed by atoms with Crippen molar-refractivity contribution in [1.82, 2.24) is 24.5 Å². The van der Waals surface area contributed by atoms with Gasteiger partial charge in [0.2, 0.25) is 5.95 Å². The van der Waals surface area contributed by atoms with Crippen molar-refractivity contribution in [3.8, 4) is 84.6 Å². The van der Waals surface area contributed by atoms with Crippen LogP contribution in [0.25, 0.3) is 106 Å². The summed E-state index contributed by atoms with van der Waals surface area (Å²) < 4.78 is 2.16. The first-order valence-electron chi connectivity index (χ1n) is 20.5. The predicted octanol–water partition coefficient (Wildman–Crippen LogP) is 14.0. The Morgan fingerprint density at radius 1 is 0.262 bits per heavy atom. The summed E-state index contributed by atoms with van der Waals surface area (Å²) in [5.41, 5.74) is 14.1. The van der Waals surface area contributed by atoms with Crippen LogP contribution in [0, 0.1) is 0 Å². The van der Waals surface area contributed by atoms with Crippen molar-refractivity contribution < 1.29 is 0 Å². The molecule has 8 aromatic carbocycles. The van der Waals surface area contributed by atoms with Gasteiger partial charge in [0.05, 0.1) is 22.4 Å². The number of fused-ring (bicyclic) bond motifs is 3. The summed E-state index contributed by atoms with van der Waals surface area (Å²) in [5, 5.41) is 2.29. The Balaban J connectivity index is 1.22. The molecule has 61 heavy (non-hydrogen) atoms. The van der Waals surface area contributed by atoms with Crippen LogP contribution in [0.4, 0.5) is 0 Å². The van der Waals surface area contributed by atoms with E-state index in [-0.39, 0.29) is 0 Å². The highest BCUT2D eigenvalue weighted by atomic mass is 15.2. The monoisotopic (exact) mass is 779 g/mol. The van der Waals surface area contributed by atoms with Gasteiger partial charge >= 0.3 is 0 Å². The molecule has 0 radical (unpaired) electrons. The van der Waals surface area contributed by atoms with Crippen LogP contribution < -0.4 is 0 Å². The molecule has 0 atom stereocenters. The third-order valence-electron chi connectivity index (χ3n) is 11.3. The Bertz CT molecular complexity index is 3170. The van der Waals surface area contributed by atoms with E-state index in [0.29, 0.717) is 17.6 Å². The maximum Gasteiger partial charge on any atom is 0.238 e. The van der Waals surface area contributed by atoms with Gasteiger partial charge in [-0.3, -0.25) is 4.57 Å². The lowest BCUT2D eigenvalue weighted by molar-refractivity contribution is 0.953. The zero-order valence-electron chi connectivity index (χ0n) is 33.1. The van der Waals surface area contributed by atoms with Crippen molar-refractivity contribution in [3.63, 3.8) is 0 Å². The SMILES string of the molecule is c1ccc(-c2nc(-c3cccc(-c4c(-c5ccccc5)c(-c5ccccc5)nc(-c5ccccc5)c4-c4ccccc4)c3)nc(-n3c4ccccc4c4ccccc43)n2)cc1. The topological polar surface area (TPSA) is 56.5 Å². The van der Waals surface area contributed by atoms with E-state index in [1.165, 1.54) is 0 Å². The van der Waals surface area contributed by atoms with E-state index in [4.69, 9.17) is 19.9 Å². The first kappa shape index (κ1) is 35.8. The Morgan fingerprint density at radius 3 is 1.13 bits per heavy atom. The Labute approximate surface area is 354 Å². The van der Waals surface area contributed by atoms with Crippen molar-refractivity contribution in [1.29, 1.82) is 0 Å². The van der Waals surface area contributed by atoms with Crippen LogP contribution in [0.1, 0.15) is 0 Å². The molecule has 3 aromatic heterocycles. The van der Waals surface area contributed by atoms with Gasteiger partial charge in [-0.25, -0.2) is 9.97 Å². The molecule has 286 valence electrons. The minimum atomic E-state index is 0.559. The van der Waals surface area contributed by atoms with Crippen molar-refractivity contribution in [3.05, 3.63) is 224 Å². The zero-order chi connectivity index (χ0) is 40.5. The van der Waals surface area contributed by atoms with Gasteiger partial charge in [-0.05, 0) is 34.9 Å². The molecule has 0 amide bonds. The Hall–Kier alpha value is -8.28. The van der Waals surface area contributed by atoms with Crippen molar-refractivity contribution in [2.75, 3.05) is 0 Å². The molecule has 0 saturated carbocycles. The summed E-state index contributed by atoms with van der Waals surface area (Å²) >= 11 is 0. The average Bonchev–Trinajstić information content (AvgIpc) is 3.69. The largest absolute Gasteiger partial charge is 0.278 e. The lowest BCUT2D eigenvalue weighted by atomic mass is 9.83. The molecular formula is C56H37N5. The minimum absolute atomic E-state index is 0.559. The Morgan fingerprint density at radius 2 is 0.639 bits per heavy atom. The summed E-state index contributed by atoms with van der Waals surface area (Å²) in [6, 6.07) is 78.0. The zero-order valence-corrected chi connectivity index (χ0v) is 33.1. The highest BCUT2D eigenvalue weighted by Crippen LogP contribution is 2.49. The fraction of sp³-hybridized carbons (Fsp3) is 0. The average molecular weight is 780 g/mol. The number of para-hydroxylation sites is 2. The number of pyridine rings is 1. The highest BCUT2D eigenvalue weighted by molar-refractivity contribution is 6.09. The van der Waals surface area contributed by atoms with Gasteiger partial charge in [-0.2, -0.15) is 9.97 Å². The van der Waals surface area contributed by atoms with Crippen molar-refractivity contribution in [2.24, 2.45) is 0 Å².